The number of unbranched alkanes of at least 4 members (excludes halogenated alkanes) is 1. The van der Waals surface area contributed by atoms with Gasteiger partial charge in [0.15, 0.2) is 0 Å². The second-order valence-electron chi connectivity index (χ2n) is 5.84. The highest BCUT2D eigenvalue weighted by atomic mass is 15.1. The molecule has 0 aliphatic heterocycles. The van der Waals surface area contributed by atoms with E-state index in [2.05, 4.69) is 70.5 Å². The Kier molecular flexibility index (Phi) is 6.85. The highest BCUT2D eigenvalue weighted by molar-refractivity contribution is 5.60. The van der Waals surface area contributed by atoms with Gasteiger partial charge < -0.3 is 15.5 Å². The fraction of sp³-hybridized carbons (Fsp3) is 0.474. The maximum absolute atomic E-state index is 4.55. The topological polar surface area (TPSA) is 53.1 Å². The standard InChI is InChI=1S/C19H29N5/c1-5-8-13-20-18-14-15(4)21-19(23-18)22-16-9-11-17(12-10-16)24(6-2)7-3/h9-12,14H,5-8,13H2,1-4H3,(H2,20,21,22,23). The van der Waals surface area contributed by atoms with E-state index in [9.17, 15) is 0 Å². The van der Waals surface area contributed by atoms with Crippen molar-refractivity contribution < 1.29 is 0 Å². The second kappa shape index (κ2) is 9.11. The Morgan fingerprint density at radius 1 is 1.00 bits per heavy atom. The first-order valence-corrected chi connectivity index (χ1v) is 8.87. The van der Waals surface area contributed by atoms with Crippen molar-refractivity contribution in [2.75, 3.05) is 35.2 Å². The zero-order valence-electron chi connectivity index (χ0n) is 15.3. The van der Waals surface area contributed by atoms with E-state index >= 15 is 0 Å². The van der Waals surface area contributed by atoms with Crippen LogP contribution in [0.15, 0.2) is 30.3 Å². The molecule has 1 aromatic heterocycles. The van der Waals surface area contributed by atoms with Gasteiger partial charge in [0, 0.05) is 42.8 Å². The Morgan fingerprint density at radius 2 is 1.71 bits per heavy atom. The van der Waals surface area contributed by atoms with Gasteiger partial charge in [0.25, 0.3) is 0 Å². The lowest BCUT2D eigenvalue weighted by atomic mass is 10.2. The fourth-order valence-corrected chi connectivity index (χ4v) is 2.58. The molecule has 2 N–H and O–H groups in total. The van der Waals surface area contributed by atoms with Gasteiger partial charge in [-0.3, -0.25) is 0 Å². The van der Waals surface area contributed by atoms with Crippen LogP contribution >= 0.6 is 0 Å². The fourth-order valence-electron chi connectivity index (χ4n) is 2.58. The molecule has 5 heteroatoms. The molecule has 0 aliphatic carbocycles. The van der Waals surface area contributed by atoms with E-state index < -0.39 is 0 Å². The van der Waals surface area contributed by atoms with Crippen molar-refractivity contribution in [1.29, 1.82) is 0 Å². The molecule has 2 rings (SSSR count). The van der Waals surface area contributed by atoms with E-state index in [1.807, 2.05) is 13.0 Å². The number of benzene rings is 1. The largest absolute Gasteiger partial charge is 0.372 e. The minimum absolute atomic E-state index is 0.629. The van der Waals surface area contributed by atoms with Gasteiger partial charge in [-0.25, -0.2) is 4.98 Å². The Bertz CT molecular complexity index is 620. The van der Waals surface area contributed by atoms with Gasteiger partial charge in [-0.15, -0.1) is 0 Å². The average molecular weight is 327 g/mol. The molecule has 0 bridgehead atoms. The van der Waals surface area contributed by atoms with Crippen LogP contribution in [0, 0.1) is 6.92 Å². The van der Waals surface area contributed by atoms with Gasteiger partial charge in [0.05, 0.1) is 0 Å². The van der Waals surface area contributed by atoms with Crippen molar-refractivity contribution in [3.05, 3.63) is 36.0 Å². The maximum atomic E-state index is 4.55. The molecule has 0 saturated heterocycles. The van der Waals surface area contributed by atoms with Crippen molar-refractivity contribution in [3.63, 3.8) is 0 Å². The number of anilines is 4. The highest BCUT2D eigenvalue weighted by Crippen LogP contribution is 2.20. The van der Waals surface area contributed by atoms with Crippen LogP contribution in [-0.2, 0) is 0 Å². The van der Waals surface area contributed by atoms with Crippen molar-refractivity contribution in [2.45, 2.75) is 40.5 Å². The van der Waals surface area contributed by atoms with Crippen molar-refractivity contribution in [1.82, 2.24) is 9.97 Å². The Labute approximate surface area is 145 Å². The molecule has 5 nitrogen and oxygen atoms in total. The summed E-state index contributed by atoms with van der Waals surface area (Å²) in [5.41, 5.74) is 3.18. The molecule has 2 aromatic rings. The van der Waals surface area contributed by atoms with Crippen LogP contribution in [0.3, 0.4) is 0 Å². The zero-order valence-corrected chi connectivity index (χ0v) is 15.3. The lowest BCUT2D eigenvalue weighted by Crippen LogP contribution is -2.21. The van der Waals surface area contributed by atoms with E-state index in [4.69, 9.17) is 0 Å². The number of rotatable bonds is 9. The molecule has 0 radical (unpaired) electrons. The first-order valence-electron chi connectivity index (χ1n) is 8.87. The van der Waals surface area contributed by atoms with Gasteiger partial charge in [-0.05, 0) is 51.5 Å². The first kappa shape index (κ1) is 18.0. The van der Waals surface area contributed by atoms with Gasteiger partial charge in [-0.2, -0.15) is 4.98 Å². The van der Waals surface area contributed by atoms with E-state index in [0.29, 0.717) is 5.95 Å². The Balaban J connectivity index is 2.07. The third kappa shape index (κ3) is 5.11. The van der Waals surface area contributed by atoms with Gasteiger partial charge in [-0.1, -0.05) is 13.3 Å². The minimum atomic E-state index is 0.629. The zero-order chi connectivity index (χ0) is 17.4. The molecule has 0 amide bonds. The molecule has 0 atom stereocenters. The first-order chi connectivity index (χ1) is 11.7. The Morgan fingerprint density at radius 3 is 2.33 bits per heavy atom. The summed E-state index contributed by atoms with van der Waals surface area (Å²) in [5, 5.41) is 6.65. The van der Waals surface area contributed by atoms with Crippen molar-refractivity contribution in [3.8, 4) is 0 Å². The van der Waals surface area contributed by atoms with E-state index in [-0.39, 0.29) is 0 Å². The van der Waals surface area contributed by atoms with Crippen molar-refractivity contribution >= 4 is 23.1 Å². The molecule has 0 fully saturated rings. The SMILES string of the molecule is CCCCNc1cc(C)nc(Nc2ccc(N(CC)CC)cc2)n1. The quantitative estimate of drug-likeness (QED) is 0.660. The second-order valence-corrected chi connectivity index (χ2v) is 5.84. The molecular weight excluding hydrogens is 298 g/mol. The van der Waals surface area contributed by atoms with Crippen molar-refractivity contribution in [2.24, 2.45) is 0 Å². The Hall–Kier alpha value is -2.30. The number of hydrogen-bond donors (Lipinski definition) is 2. The summed E-state index contributed by atoms with van der Waals surface area (Å²) in [6, 6.07) is 10.4. The molecular formula is C19H29N5. The normalized spacial score (nSPS) is 10.5. The molecule has 1 aromatic carbocycles. The van der Waals surface area contributed by atoms with Crippen LogP contribution in [-0.4, -0.2) is 29.6 Å². The number of nitrogens with one attached hydrogen (secondary N) is 2. The summed E-state index contributed by atoms with van der Waals surface area (Å²) in [5.74, 6) is 1.50. The van der Waals surface area contributed by atoms with Gasteiger partial charge in [0.1, 0.15) is 5.82 Å². The van der Waals surface area contributed by atoms with Gasteiger partial charge >= 0.3 is 0 Å². The van der Waals surface area contributed by atoms with Crippen LogP contribution < -0.4 is 15.5 Å². The smallest absolute Gasteiger partial charge is 0.229 e. The summed E-state index contributed by atoms with van der Waals surface area (Å²) >= 11 is 0. The molecule has 0 saturated carbocycles. The lowest BCUT2D eigenvalue weighted by molar-refractivity contribution is 0.830. The summed E-state index contributed by atoms with van der Waals surface area (Å²) < 4.78 is 0. The molecule has 130 valence electrons. The van der Waals surface area contributed by atoms with Crippen LogP contribution in [0.5, 0.6) is 0 Å². The van der Waals surface area contributed by atoms with E-state index in [1.54, 1.807) is 0 Å². The highest BCUT2D eigenvalue weighted by Gasteiger charge is 2.05. The number of hydrogen-bond acceptors (Lipinski definition) is 5. The monoisotopic (exact) mass is 327 g/mol. The van der Waals surface area contributed by atoms with Gasteiger partial charge in [0.2, 0.25) is 5.95 Å². The maximum Gasteiger partial charge on any atom is 0.229 e. The van der Waals surface area contributed by atoms with E-state index in [0.717, 1.165) is 43.3 Å². The summed E-state index contributed by atoms with van der Waals surface area (Å²) in [4.78, 5) is 11.3. The third-order valence-corrected chi connectivity index (χ3v) is 3.94. The number of aryl methyl sites for hydroxylation is 1. The van der Waals surface area contributed by atoms with Crippen LogP contribution in [0.4, 0.5) is 23.1 Å². The predicted molar refractivity (Wildman–Crippen MR) is 103 cm³/mol. The molecule has 0 aliphatic rings. The lowest BCUT2D eigenvalue weighted by Gasteiger charge is -2.21. The summed E-state index contributed by atoms with van der Waals surface area (Å²) in [6.45, 7) is 11.5. The van der Waals surface area contributed by atoms with E-state index in [1.165, 1.54) is 12.1 Å². The minimum Gasteiger partial charge on any atom is -0.372 e. The predicted octanol–water partition coefficient (Wildman–Crippen LogP) is 4.59. The molecule has 1 heterocycles. The number of aromatic nitrogens is 2. The molecule has 0 spiro atoms. The number of nitrogens with zero attached hydrogens (tertiary/aromatic N) is 3. The third-order valence-electron chi connectivity index (χ3n) is 3.94. The molecule has 24 heavy (non-hydrogen) atoms. The summed E-state index contributed by atoms with van der Waals surface area (Å²) in [6.07, 6.45) is 2.31. The van der Waals surface area contributed by atoms with Crippen LogP contribution in [0.25, 0.3) is 0 Å². The van der Waals surface area contributed by atoms with Crippen LogP contribution in [0.2, 0.25) is 0 Å². The van der Waals surface area contributed by atoms with Crippen LogP contribution in [0.1, 0.15) is 39.3 Å². The molecule has 0 unspecified atom stereocenters. The summed E-state index contributed by atoms with van der Waals surface area (Å²) in [7, 11) is 0. The average Bonchev–Trinajstić information content (AvgIpc) is 2.57.